The summed E-state index contributed by atoms with van der Waals surface area (Å²) in [4.78, 5) is 13.0. The summed E-state index contributed by atoms with van der Waals surface area (Å²) < 4.78 is 12.3. The molecule has 6 heteroatoms. The van der Waals surface area contributed by atoms with Crippen molar-refractivity contribution in [2.75, 3.05) is 12.8 Å². The van der Waals surface area contributed by atoms with Crippen molar-refractivity contribution in [2.24, 2.45) is 5.92 Å². The number of rotatable bonds is 3. The summed E-state index contributed by atoms with van der Waals surface area (Å²) in [6.45, 7) is 4.31. The van der Waals surface area contributed by atoms with Crippen molar-refractivity contribution in [3.05, 3.63) is 51.3 Å². The Hall–Kier alpha value is -2.78. The lowest BCUT2D eigenvalue weighted by Gasteiger charge is -2.29. The molecule has 1 aliphatic rings. The van der Waals surface area contributed by atoms with Crippen LogP contribution in [0.15, 0.2) is 29.1 Å². The first-order valence-electron chi connectivity index (χ1n) is 8.20. The van der Waals surface area contributed by atoms with Gasteiger partial charge >= 0.3 is 0 Å². The average Bonchev–Trinajstić information content (AvgIpc) is 2.62. The number of anilines is 1. The maximum Gasteiger partial charge on any atom is 0.262 e. The zero-order valence-corrected chi connectivity index (χ0v) is 14.6. The van der Waals surface area contributed by atoms with Crippen LogP contribution in [0.1, 0.15) is 30.5 Å². The fourth-order valence-corrected chi connectivity index (χ4v) is 3.16. The van der Waals surface area contributed by atoms with E-state index in [0.717, 1.165) is 5.56 Å². The highest BCUT2D eigenvalue weighted by molar-refractivity contribution is 5.60. The van der Waals surface area contributed by atoms with Gasteiger partial charge < -0.3 is 15.2 Å². The molecule has 0 spiro atoms. The fourth-order valence-electron chi connectivity index (χ4n) is 3.16. The average molecular weight is 339 g/mol. The van der Waals surface area contributed by atoms with Gasteiger partial charge in [-0.3, -0.25) is 9.36 Å². The number of ether oxygens (including phenoxy) is 2. The van der Waals surface area contributed by atoms with Crippen molar-refractivity contribution < 1.29 is 9.47 Å². The smallest absolute Gasteiger partial charge is 0.262 e. The number of nitrogens with two attached hydrogens (primary N) is 1. The molecule has 0 saturated heterocycles. The second-order valence-corrected chi connectivity index (χ2v) is 6.47. The first-order valence-corrected chi connectivity index (χ1v) is 8.20. The number of nitriles is 1. The summed E-state index contributed by atoms with van der Waals surface area (Å²) in [7, 11) is 1.57. The first-order chi connectivity index (χ1) is 12.0. The van der Waals surface area contributed by atoms with Crippen LogP contribution in [0.3, 0.4) is 0 Å². The Kier molecular flexibility index (Phi) is 4.51. The molecule has 1 aromatic carbocycles. The number of nitrogen functional groups attached to an aromatic ring is 1. The van der Waals surface area contributed by atoms with E-state index in [9.17, 15) is 10.1 Å². The Bertz CT molecular complexity index is 892. The molecule has 0 aliphatic carbocycles. The second kappa shape index (κ2) is 6.61. The van der Waals surface area contributed by atoms with Crippen LogP contribution in [0.25, 0.3) is 5.69 Å². The molecule has 1 aliphatic heterocycles. The number of hydrogen-bond acceptors (Lipinski definition) is 5. The predicted molar refractivity (Wildman–Crippen MR) is 94.8 cm³/mol. The Morgan fingerprint density at radius 1 is 1.32 bits per heavy atom. The summed E-state index contributed by atoms with van der Waals surface area (Å²) in [6, 6.07) is 9.16. The fraction of sp³-hybridized carbons (Fsp3) is 0.368. The number of methoxy groups -OCH3 is 1. The van der Waals surface area contributed by atoms with Crippen molar-refractivity contribution in [3.63, 3.8) is 0 Å². The lowest BCUT2D eigenvalue weighted by molar-refractivity contribution is -0.00117. The minimum atomic E-state index is -0.237. The highest BCUT2D eigenvalue weighted by Crippen LogP contribution is 2.29. The van der Waals surface area contributed by atoms with E-state index in [1.165, 1.54) is 4.57 Å². The molecule has 6 nitrogen and oxygen atoms in total. The van der Waals surface area contributed by atoms with E-state index in [1.54, 1.807) is 31.4 Å². The molecule has 1 aromatic heterocycles. The Labute approximate surface area is 146 Å². The molecular formula is C19H21N3O3. The van der Waals surface area contributed by atoms with Crippen LogP contribution in [0, 0.1) is 17.2 Å². The number of pyridine rings is 1. The maximum atomic E-state index is 13.0. The van der Waals surface area contributed by atoms with Crippen LogP contribution in [-0.4, -0.2) is 17.8 Å². The number of benzene rings is 1. The van der Waals surface area contributed by atoms with Crippen LogP contribution < -0.4 is 16.0 Å². The highest BCUT2D eigenvalue weighted by Gasteiger charge is 2.29. The Morgan fingerprint density at radius 3 is 2.56 bits per heavy atom. The number of fused-ring (bicyclic) bond motifs is 1. The monoisotopic (exact) mass is 339 g/mol. The number of hydrogen-bond donors (Lipinski definition) is 1. The number of aromatic nitrogens is 1. The molecule has 0 fully saturated rings. The van der Waals surface area contributed by atoms with Crippen LogP contribution in [0.5, 0.6) is 5.75 Å². The van der Waals surface area contributed by atoms with Gasteiger partial charge in [0.1, 0.15) is 17.6 Å². The van der Waals surface area contributed by atoms with Gasteiger partial charge in [-0.2, -0.15) is 5.26 Å². The molecular weight excluding hydrogens is 318 g/mol. The van der Waals surface area contributed by atoms with Crippen molar-refractivity contribution in [1.29, 1.82) is 5.26 Å². The molecule has 0 saturated carbocycles. The molecule has 1 atom stereocenters. The summed E-state index contributed by atoms with van der Waals surface area (Å²) in [5.74, 6) is 1.14. The minimum Gasteiger partial charge on any atom is -0.497 e. The van der Waals surface area contributed by atoms with Gasteiger partial charge in [-0.15, -0.1) is 0 Å². The second-order valence-electron chi connectivity index (χ2n) is 6.47. The summed E-state index contributed by atoms with van der Waals surface area (Å²) >= 11 is 0. The van der Waals surface area contributed by atoms with Gasteiger partial charge in [0.25, 0.3) is 5.56 Å². The van der Waals surface area contributed by atoms with E-state index in [-0.39, 0.29) is 24.1 Å². The molecule has 25 heavy (non-hydrogen) atoms. The molecule has 2 N–H and O–H groups in total. The molecule has 0 bridgehead atoms. The van der Waals surface area contributed by atoms with Crippen molar-refractivity contribution in [3.8, 4) is 17.5 Å². The molecule has 2 aromatic rings. The molecule has 0 amide bonds. The first kappa shape index (κ1) is 17.1. The van der Waals surface area contributed by atoms with Gasteiger partial charge in [-0.1, -0.05) is 13.8 Å². The predicted octanol–water partition coefficient (Wildman–Crippen LogP) is 2.40. The normalized spacial score (nSPS) is 16.4. The highest BCUT2D eigenvalue weighted by atomic mass is 16.5. The van der Waals surface area contributed by atoms with Gasteiger partial charge in [-0.25, -0.2) is 0 Å². The molecule has 130 valence electrons. The quantitative estimate of drug-likeness (QED) is 0.927. The SMILES string of the molecule is COc1ccc(-n2c(N)c(C#N)c3c(c2=O)CO[C@H](C(C)C)C3)cc1. The van der Waals surface area contributed by atoms with Crippen molar-refractivity contribution >= 4 is 5.82 Å². The largest absolute Gasteiger partial charge is 0.497 e. The minimum absolute atomic E-state index is 0.0183. The van der Waals surface area contributed by atoms with E-state index in [4.69, 9.17) is 15.2 Å². The van der Waals surface area contributed by atoms with E-state index in [0.29, 0.717) is 34.9 Å². The molecule has 3 rings (SSSR count). The van der Waals surface area contributed by atoms with Crippen LogP contribution >= 0.6 is 0 Å². The Morgan fingerprint density at radius 2 is 2.00 bits per heavy atom. The van der Waals surface area contributed by atoms with Gasteiger partial charge in [0.15, 0.2) is 0 Å². The third-order valence-electron chi connectivity index (χ3n) is 4.66. The van der Waals surface area contributed by atoms with Gasteiger partial charge in [-0.05, 0) is 35.7 Å². The van der Waals surface area contributed by atoms with Crippen LogP contribution in [0.4, 0.5) is 5.82 Å². The van der Waals surface area contributed by atoms with E-state index in [2.05, 4.69) is 19.9 Å². The summed E-state index contributed by atoms with van der Waals surface area (Å²) in [5, 5.41) is 9.64. The standard InChI is InChI=1S/C19H21N3O3/c1-11(2)17-8-14-15(9-20)18(21)22(19(23)16(14)10-25-17)12-4-6-13(24-3)7-5-12/h4-7,11,17H,8,10,21H2,1-3H3/t17-/m0/s1. The van der Waals surface area contributed by atoms with Crippen molar-refractivity contribution in [1.82, 2.24) is 4.57 Å². The molecule has 0 unspecified atom stereocenters. The zero-order valence-electron chi connectivity index (χ0n) is 14.6. The van der Waals surface area contributed by atoms with E-state index < -0.39 is 0 Å². The van der Waals surface area contributed by atoms with Crippen molar-refractivity contribution in [2.45, 2.75) is 33.0 Å². The Balaban J connectivity index is 2.19. The zero-order chi connectivity index (χ0) is 18.1. The summed E-state index contributed by atoms with van der Waals surface area (Å²) in [6.07, 6.45) is 0.508. The van der Waals surface area contributed by atoms with Gasteiger partial charge in [0.2, 0.25) is 0 Å². The summed E-state index contributed by atoms with van der Waals surface area (Å²) in [5.41, 5.74) is 8.16. The topological polar surface area (TPSA) is 90.3 Å². The van der Waals surface area contributed by atoms with Crippen LogP contribution in [0.2, 0.25) is 0 Å². The number of nitrogens with zero attached hydrogens (tertiary/aromatic N) is 2. The van der Waals surface area contributed by atoms with E-state index in [1.807, 2.05) is 0 Å². The third-order valence-corrected chi connectivity index (χ3v) is 4.66. The molecule has 0 radical (unpaired) electrons. The van der Waals surface area contributed by atoms with Gasteiger partial charge in [0.05, 0.1) is 31.1 Å². The van der Waals surface area contributed by atoms with Crippen LogP contribution in [-0.2, 0) is 17.8 Å². The maximum absolute atomic E-state index is 13.0. The third kappa shape index (κ3) is 2.87. The molecule has 2 heterocycles. The lowest BCUT2D eigenvalue weighted by Crippen LogP contribution is -2.36. The lowest BCUT2D eigenvalue weighted by atomic mass is 9.91. The van der Waals surface area contributed by atoms with E-state index >= 15 is 0 Å². The van der Waals surface area contributed by atoms with Gasteiger partial charge in [0, 0.05) is 12.0 Å².